The molecule has 4 rings (SSSR count). The van der Waals surface area contributed by atoms with Gasteiger partial charge in [0.05, 0.1) is 0 Å². The number of likely N-dealkylation sites (tertiary alicyclic amines) is 1. The summed E-state index contributed by atoms with van der Waals surface area (Å²) in [5.41, 5.74) is 2.95. The molecule has 1 saturated carbocycles. The van der Waals surface area contributed by atoms with Crippen LogP contribution in [0.2, 0.25) is 0 Å². The van der Waals surface area contributed by atoms with Crippen LogP contribution in [0.1, 0.15) is 59.8 Å². The molecule has 1 aliphatic carbocycles. The normalized spacial score (nSPS) is 26.1. The molecule has 1 saturated heterocycles. The summed E-state index contributed by atoms with van der Waals surface area (Å²) in [5, 5.41) is 0. The third kappa shape index (κ3) is 3.20. The van der Waals surface area contributed by atoms with Crippen molar-refractivity contribution >= 4 is 5.91 Å². The number of piperidine rings is 1. The lowest BCUT2D eigenvalue weighted by Crippen LogP contribution is -2.52. The zero-order valence-corrected chi connectivity index (χ0v) is 14.9. The van der Waals surface area contributed by atoms with E-state index in [9.17, 15) is 4.79 Å². The molecule has 2 aromatic rings. The lowest BCUT2D eigenvalue weighted by molar-refractivity contribution is 0.0314. The number of carbonyl (C=O) groups excluding carboxylic acids is 1. The molecular formula is C22H26N2O. The third-order valence-electron chi connectivity index (χ3n) is 5.98. The highest BCUT2D eigenvalue weighted by Crippen LogP contribution is 2.44. The Bertz CT molecular complexity index is 743. The molecule has 1 aromatic carbocycles. The molecular weight excluding hydrogens is 308 g/mol. The molecule has 1 aromatic heterocycles. The number of pyridine rings is 1. The monoisotopic (exact) mass is 334 g/mol. The molecule has 2 aliphatic rings. The Kier molecular flexibility index (Phi) is 4.56. The molecule has 3 heteroatoms. The van der Waals surface area contributed by atoms with Gasteiger partial charge in [-0.25, -0.2) is 4.98 Å². The Morgan fingerprint density at radius 2 is 1.80 bits per heavy atom. The fraction of sp³-hybridized carbons (Fsp3) is 0.455. The van der Waals surface area contributed by atoms with Crippen LogP contribution in [0.4, 0.5) is 0 Å². The molecule has 0 spiro atoms. The minimum Gasteiger partial charge on any atom is -0.334 e. The first-order valence-corrected chi connectivity index (χ1v) is 9.53. The minimum absolute atomic E-state index is 0.118. The first-order valence-electron chi connectivity index (χ1n) is 9.53. The molecule has 0 bridgehead atoms. The van der Waals surface area contributed by atoms with Crippen molar-refractivity contribution in [2.75, 3.05) is 6.54 Å². The molecule has 0 unspecified atom stereocenters. The number of carbonyl (C=O) groups is 1. The molecule has 0 N–H and O–H groups in total. The average Bonchev–Trinajstić information content (AvgIpc) is 2.67. The van der Waals surface area contributed by atoms with Crippen LogP contribution in [0.25, 0.3) is 0 Å². The van der Waals surface area contributed by atoms with Gasteiger partial charge in [-0.3, -0.25) is 4.79 Å². The van der Waals surface area contributed by atoms with E-state index in [1.165, 1.54) is 24.8 Å². The summed E-state index contributed by atoms with van der Waals surface area (Å²) in [6.07, 6.45) is 5.94. The van der Waals surface area contributed by atoms with E-state index >= 15 is 0 Å². The Morgan fingerprint density at radius 1 is 1.00 bits per heavy atom. The summed E-state index contributed by atoms with van der Waals surface area (Å²) in [5.74, 6) is 1.28. The van der Waals surface area contributed by atoms with Crippen molar-refractivity contribution in [1.82, 2.24) is 9.88 Å². The highest BCUT2D eigenvalue weighted by Gasteiger charge is 2.42. The van der Waals surface area contributed by atoms with Gasteiger partial charge in [-0.05, 0) is 55.7 Å². The Labute approximate surface area is 150 Å². The van der Waals surface area contributed by atoms with E-state index in [0.29, 0.717) is 23.6 Å². The summed E-state index contributed by atoms with van der Waals surface area (Å²) in [6, 6.07) is 17.0. The number of benzene rings is 1. The molecule has 1 amide bonds. The van der Waals surface area contributed by atoms with E-state index in [4.69, 9.17) is 0 Å². The van der Waals surface area contributed by atoms with Gasteiger partial charge in [0, 0.05) is 18.3 Å². The van der Waals surface area contributed by atoms with Crippen molar-refractivity contribution in [3.8, 4) is 0 Å². The topological polar surface area (TPSA) is 33.2 Å². The molecule has 3 nitrogen and oxygen atoms in total. The van der Waals surface area contributed by atoms with Crippen molar-refractivity contribution in [3.05, 3.63) is 65.5 Å². The van der Waals surface area contributed by atoms with Gasteiger partial charge in [0.15, 0.2) is 0 Å². The Balaban J connectivity index is 1.60. The largest absolute Gasteiger partial charge is 0.334 e. The predicted octanol–water partition coefficient (Wildman–Crippen LogP) is 4.58. The second-order valence-electron chi connectivity index (χ2n) is 7.48. The zero-order valence-electron chi connectivity index (χ0n) is 14.9. The molecule has 0 radical (unpaired) electrons. The standard InChI is InChI=1S/C22H26N2O/c1-16-8-7-12-20(23-16)22(25)24-15-14-18(17-9-3-2-4-10-17)19-11-5-6-13-21(19)24/h2-4,7-10,12,18-19,21H,5-6,11,13-15H2,1H3/t18-,19-,21-/m1/s1. The summed E-state index contributed by atoms with van der Waals surface area (Å²) in [4.78, 5) is 19.7. The van der Waals surface area contributed by atoms with Crippen LogP contribution >= 0.6 is 0 Å². The van der Waals surface area contributed by atoms with Crippen LogP contribution in [0, 0.1) is 12.8 Å². The molecule has 2 fully saturated rings. The lowest BCUT2D eigenvalue weighted by atomic mass is 9.69. The first kappa shape index (κ1) is 16.3. The maximum Gasteiger partial charge on any atom is 0.272 e. The van der Waals surface area contributed by atoms with E-state index < -0.39 is 0 Å². The number of fused-ring (bicyclic) bond motifs is 1. The van der Waals surface area contributed by atoms with Gasteiger partial charge >= 0.3 is 0 Å². The number of nitrogens with zero attached hydrogens (tertiary/aromatic N) is 2. The summed E-state index contributed by atoms with van der Waals surface area (Å²) < 4.78 is 0. The quantitative estimate of drug-likeness (QED) is 0.805. The van der Waals surface area contributed by atoms with Crippen LogP contribution in [-0.4, -0.2) is 28.4 Å². The summed E-state index contributed by atoms with van der Waals surface area (Å²) >= 11 is 0. The summed E-state index contributed by atoms with van der Waals surface area (Å²) in [7, 11) is 0. The number of aryl methyl sites for hydroxylation is 1. The number of hydrogen-bond acceptors (Lipinski definition) is 2. The van der Waals surface area contributed by atoms with Crippen LogP contribution in [0.5, 0.6) is 0 Å². The predicted molar refractivity (Wildman–Crippen MR) is 99.6 cm³/mol. The van der Waals surface area contributed by atoms with Crippen LogP contribution in [-0.2, 0) is 0 Å². The lowest BCUT2D eigenvalue weighted by Gasteiger charge is -2.48. The molecule has 1 aliphatic heterocycles. The SMILES string of the molecule is Cc1cccc(C(=O)N2CC[C@H](c3ccccc3)[C@H]3CCCC[C@H]32)n1. The van der Waals surface area contributed by atoms with Gasteiger partial charge in [0.2, 0.25) is 0 Å². The maximum atomic E-state index is 13.1. The van der Waals surface area contributed by atoms with Gasteiger partial charge in [-0.15, -0.1) is 0 Å². The van der Waals surface area contributed by atoms with Crippen LogP contribution in [0.3, 0.4) is 0 Å². The fourth-order valence-corrected chi connectivity index (χ4v) is 4.83. The van der Waals surface area contributed by atoms with E-state index in [0.717, 1.165) is 25.1 Å². The number of rotatable bonds is 2. The second-order valence-corrected chi connectivity index (χ2v) is 7.48. The van der Waals surface area contributed by atoms with E-state index in [2.05, 4.69) is 40.2 Å². The van der Waals surface area contributed by atoms with Crippen LogP contribution < -0.4 is 0 Å². The van der Waals surface area contributed by atoms with Gasteiger partial charge in [0.25, 0.3) is 5.91 Å². The smallest absolute Gasteiger partial charge is 0.272 e. The molecule has 2 heterocycles. The number of amides is 1. The molecule has 3 atom stereocenters. The van der Waals surface area contributed by atoms with Crippen LogP contribution in [0.15, 0.2) is 48.5 Å². The van der Waals surface area contributed by atoms with Crippen molar-refractivity contribution in [2.24, 2.45) is 5.92 Å². The van der Waals surface area contributed by atoms with E-state index in [1.54, 1.807) is 0 Å². The third-order valence-corrected chi connectivity index (χ3v) is 5.98. The van der Waals surface area contributed by atoms with Gasteiger partial charge in [-0.2, -0.15) is 0 Å². The van der Waals surface area contributed by atoms with E-state index in [-0.39, 0.29) is 5.91 Å². The Hall–Kier alpha value is -2.16. The summed E-state index contributed by atoms with van der Waals surface area (Å²) in [6.45, 7) is 2.79. The van der Waals surface area contributed by atoms with Gasteiger partial charge in [-0.1, -0.05) is 49.2 Å². The Morgan fingerprint density at radius 3 is 2.60 bits per heavy atom. The second kappa shape index (κ2) is 6.99. The minimum atomic E-state index is 0.118. The highest BCUT2D eigenvalue weighted by molar-refractivity contribution is 5.92. The molecule has 130 valence electrons. The van der Waals surface area contributed by atoms with Crippen molar-refractivity contribution < 1.29 is 4.79 Å². The van der Waals surface area contributed by atoms with Crippen molar-refractivity contribution in [1.29, 1.82) is 0 Å². The average molecular weight is 334 g/mol. The maximum absolute atomic E-state index is 13.1. The van der Waals surface area contributed by atoms with Gasteiger partial charge in [0.1, 0.15) is 5.69 Å². The molecule has 25 heavy (non-hydrogen) atoms. The number of hydrogen-bond donors (Lipinski definition) is 0. The van der Waals surface area contributed by atoms with Crippen molar-refractivity contribution in [2.45, 2.75) is 51.0 Å². The van der Waals surface area contributed by atoms with Crippen molar-refractivity contribution in [3.63, 3.8) is 0 Å². The first-order chi connectivity index (χ1) is 12.2. The zero-order chi connectivity index (χ0) is 17.2. The fourth-order valence-electron chi connectivity index (χ4n) is 4.83. The van der Waals surface area contributed by atoms with E-state index in [1.807, 2.05) is 25.1 Å². The number of aromatic nitrogens is 1. The highest BCUT2D eigenvalue weighted by atomic mass is 16.2. The van der Waals surface area contributed by atoms with Gasteiger partial charge < -0.3 is 4.90 Å².